The minimum absolute atomic E-state index is 0.150. The van der Waals surface area contributed by atoms with Gasteiger partial charge in [0.25, 0.3) is 0 Å². The van der Waals surface area contributed by atoms with Gasteiger partial charge in [-0.1, -0.05) is 64.4 Å². The van der Waals surface area contributed by atoms with E-state index in [1.54, 1.807) is 0 Å². The maximum absolute atomic E-state index is 6.64. The number of benzene rings is 1. The van der Waals surface area contributed by atoms with Crippen molar-refractivity contribution in [2.75, 3.05) is 0 Å². The van der Waals surface area contributed by atoms with Crippen molar-refractivity contribution in [3.63, 3.8) is 0 Å². The van der Waals surface area contributed by atoms with Crippen LogP contribution in [0.5, 0.6) is 0 Å². The van der Waals surface area contributed by atoms with Crippen molar-refractivity contribution in [3.8, 4) is 0 Å². The van der Waals surface area contributed by atoms with Gasteiger partial charge in [0.2, 0.25) is 0 Å². The Balaban J connectivity index is 2.82. The van der Waals surface area contributed by atoms with Gasteiger partial charge in [0, 0.05) is 5.54 Å². The van der Waals surface area contributed by atoms with Crippen molar-refractivity contribution < 1.29 is 0 Å². The van der Waals surface area contributed by atoms with Gasteiger partial charge in [-0.2, -0.15) is 0 Å². The Labute approximate surface area is 106 Å². The lowest BCUT2D eigenvalue weighted by Crippen LogP contribution is -2.37. The van der Waals surface area contributed by atoms with E-state index in [1.807, 2.05) is 0 Å². The van der Waals surface area contributed by atoms with Crippen molar-refractivity contribution in [1.29, 1.82) is 0 Å². The molecule has 0 spiro atoms. The first kappa shape index (κ1) is 14.2. The van der Waals surface area contributed by atoms with E-state index < -0.39 is 0 Å². The Bertz CT molecular complexity index is 323. The highest BCUT2D eigenvalue weighted by Crippen LogP contribution is 2.33. The van der Waals surface area contributed by atoms with Gasteiger partial charge in [0.15, 0.2) is 0 Å². The van der Waals surface area contributed by atoms with Gasteiger partial charge in [-0.15, -0.1) is 0 Å². The summed E-state index contributed by atoms with van der Waals surface area (Å²) in [5, 5.41) is 0. The second kappa shape index (κ2) is 5.68. The summed E-state index contributed by atoms with van der Waals surface area (Å²) in [6.45, 7) is 9.06. The lowest BCUT2D eigenvalue weighted by atomic mass is 9.77. The molecule has 1 aromatic carbocycles. The number of nitrogens with two attached hydrogens (primary N) is 1. The van der Waals surface area contributed by atoms with Gasteiger partial charge >= 0.3 is 0 Å². The van der Waals surface area contributed by atoms with Crippen LogP contribution < -0.4 is 5.73 Å². The van der Waals surface area contributed by atoms with Gasteiger partial charge in [-0.05, 0) is 30.2 Å². The second-order valence-corrected chi connectivity index (χ2v) is 6.33. The summed E-state index contributed by atoms with van der Waals surface area (Å²) < 4.78 is 0. The number of hydrogen-bond acceptors (Lipinski definition) is 1. The van der Waals surface area contributed by atoms with E-state index in [1.165, 1.54) is 12.0 Å². The molecule has 0 saturated carbocycles. The molecule has 2 N–H and O–H groups in total. The van der Waals surface area contributed by atoms with Crippen LogP contribution >= 0.6 is 0 Å². The van der Waals surface area contributed by atoms with Gasteiger partial charge in [-0.3, -0.25) is 0 Å². The maximum Gasteiger partial charge on any atom is 0.0409 e. The molecule has 1 unspecified atom stereocenters. The largest absolute Gasteiger partial charge is 0.321 e. The molecule has 17 heavy (non-hydrogen) atoms. The molecular weight excluding hydrogens is 206 g/mol. The first-order valence-corrected chi connectivity index (χ1v) is 6.72. The van der Waals surface area contributed by atoms with Crippen LogP contribution in [0.3, 0.4) is 0 Å². The fourth-order valence-electron chi connectivity index (χ4n) is 2.23. The van der Waals surface area contributed by atoms with Crippen LogP contribution in [0.2, 0.25) is 0 Å². The van der Waals surface area contributed by atoms with Crippen molar-refractivity contribution >= 4 is 0 Å². The van der Waals surface area contributed by atoms with E-state index in [0.717, 1.165) is 19.3 Å². The fourth-order valence-corrected chi connectivity index (χ4v) is 2.23. The lowest BCUT2D eigenvalue weighted by molar-refractivity contribution is 0.280. The Morgan fingerprint density at radius 2 is 1.53 bits per heavy atom. The van der Waals surface area contributed by atoms with E-state index in [4.69, 9.17) is 5.73 Å². The van der Waals surface area contributed by atoms with E-state index in [9.17, 15) is 0 Å². The monoisotopic (exact) mass is 233 g/mol. The molecule has 1 heteroatoms. The minimum atomic E-state index is -0.150. The minimum Gasteiger partial charge on any atom is -0.321 e. The average molecular weight is 233 g/mol. The number of hydrogen-bond donors (Lipinski definition) is 1. The highest BCUT2D eigenvalue weighted by atomic mass is 14.7. The Kier molecular flexibility index (Phi) is 4.76. The predicted molar refractivity (Wildman–Crippen MR) is 75.9 cm³/mol. The molecule has 0 aliphatic carbocycles. The first-order chi connectivity index (χ1) is 7.87. The molecule has 96 valence electrons. The summed E-state index contributed by atoms with van der Waals surface area (Å²) in [6, 6.07) is 10.6. The Morgan fingerprint density at radius 1 is 0.941 bits per heavy atom. The molecule has 1 nitrogen and oxygen atoms in total. The van der Waals surface area contributed by atoms with E-state index in [0.29, 0.717) is 5.41 Å². The van der Waals surface area contributed by atoms with Crippen molar-refractivity contribution in [2.24, 2.45) is 11.1 Å². The van der Waals surface area contributed by atoms with Gasteiger partial charge < -0.3 is 5.73 Å². The summed E-state index contributed by atoms with van der Waals surface area (Å²) in [5.74, 6) is 0. The van der Waals surface area contributed by atoms with Crippen LogP contribution in [0.15, 0.2) is 30.3 Å². The molecule has 0 radical (unpaired) electrons. The van der Waals surface area contributed by atoms with Crippen LogP contribution in [0.25, 0.3) is 0 Å². The molecule has 0 bridgehead atoms. The van der Waals surface area contributed by atoms with Gasteiger partial charge in [-0.25, -0.2) is 0 Å². The summed E-state index contributed by atoms with van der Waals surface area (Å²) in [6.07, 6.45) is 4.43. The van der Waals surface area contributed by atoms with Crippen LogP contribution in [-0.4, -0.2) is 0 Å². The smallest absolute Gasteiger partial charge is 0.0409 e. The van der Waals surface area contributed by atoms with Crippen LogP contribution in [0.1, 0.15) is 58.9 Å². The van der Waals surface area contributed by atoms with Crippen LogP contribution in [-0.2, 0) is 5.54 Å². The normalized spacial score (nSPS) is 15.6. The highest BCUT2D eigenvalue weighted by molar-refractivity contribution is 5.23. The summed E-state index contributed by atoms with van der Waals surface area (Å²) in [5.41, 5.74) is 8.13. The van der Waals surface area contributed by atoms with Gasteiger partial charge in [0.05, 0.1) is 0 Å². The lowest BCUT2D eigenvalue weighted by Gasteiger charge is -2.33. The summed E-state index contributed by atoms with van der Waals surface area (Å²) in [7, 11) is 0. The van der Waals surface area contributed by atoms with Crippen molar-refractivity contribution in [3.05, 3.63) is 35.9 Å². The third-order valence-electron chi connectivity index (χ3n) is 3.37. The van der Waals surface area contributed by atoms with E-state index in [-0.39, 0.29) is 5.54 Å². The van der Waals surface area contributed by atoms with Crippen LogP contribution in [0, 0.1) is 5.41 Å². The van der Waals surface area contributed by atoms with Crippen molar-refractivity contribution in [1.82, 2.24) is 0 Å². The maximum atomic E-state index is 6.64. The van der Waals surface area contributed by atoms with E-state index >= 15 is 0 Å². The molecule has 0 aliphatic rings. The molecule has 0 aliphatic heterocycles. The zero-order chi connectivity index (χ0) is 12.9. The zero-order valence-corrected chi connectivity index (χ0v) is 11.8. The highest BCUT2D eigenvalue weighted by Gasteiger charge is 2.27. The Hall–Kier alpha value is -0.820. The summed E-state index contributed by atoms with van der Waals surface area (Å²) >= 11 is 0. The molecule has 1 aromatic rings. The molecule has 0 amide bonds. The Morgan fingerprint density at radius 3 is 2.00 bits per heavy atom. The average Bonchev–Trinajstić information content (AvgIpc) is 2.27. The molecule has 0 heterocycles. The predicted octanol–water partition coefficient (Wildman–Crippen LogP) is 4.47. The molecule has 1 rings (SSSR count). The molecule has 0 saturated heterocycles. The van der Waals surface area contributed by atoms with E-state index in [2.05, 4.69) is 58.0 Å². The second-order valence-electron chi connectivity index (χ2n) is 6.33. The summed E-state index contributed by atoms with van der Waals surface area (Å²) in [4.78, 5) is 0. The standard InChI is InChI=1S/C16H27N/c1-5-11-16(17,13-12-15(2,3)4)14-9-7-6-8-10-14/h6-10H,5,11-13,17H2,1-4H3. The van der Waals surface area contributed by atoms with Crippen molar-refractivity contribution in [2.45, 2.75) is 58.9 Å². The first-order valence-electron chi connectivity index (χ1n) is 6.72. The fraction of sp³-hybridized carbons (Fsp3) is 0.625. The zero-order valence-electron chi connectivity index (χ0n) is 11.8. The third-order valence-corrected chi connectivity index (χ3v) is 3.37. The van der Waals surface area contributed by atoms with Gasteiger partial charge in [0.1, 0.15) is 0 Å². The molecule has 1 atom stereocenters. The quantitative estimate of drug-likeness (QED) is 0.798. The molecule has 0 aromatic heterocycles. The third kappa shape index (κ3) is 4.51. The SMILES string of the molecule is CCCC(N)(CCC(C)(C)C)c1ccccc1. The molecule has 0 fully saturated rings. The van der Waals surface area contributed by atoms with Crippen LogP contribution in [0.4, 0.5) is 0 Å². The topological polar surface area (TPSA) is 26.0 Å². The molecular formula is C16H27N. The number of rotatable bonds is 5.